The first-order valence-electron chi connectivity index (χ1n) is 13.1. The van der Waals surface area contributed by atoms with E-state index in [4.69, 9.17) is 0 Å². The molecular formula is C32H46. The second-order valence-electron chi connectivity index (χ2n) is 11.3. The second kappa shape index (κ2) is 11.4. The van der Waals surface area contributed by atoms with Crippen LogP contribution in [0.2, 0.25) is 0 Å². The molecule has 1 fully saturated rings. The van der Waals surface area contributed by atoms with E-state index in [9.17, 15) is 0 Å². The summed E-state index contributed by atoms with van der Waals surface area (Å²) in [6, 6.07) is 7.51. The molecular weight excluding hydrogens is 384 g/mol. The standard InChI is InChI=1S/C32H46/c1-22(2)17-25(7)29-15-16-31(32(18-23(3)4)27-11-9-8-10-12-27)30(21-29)20-26-13-14-28(19-26)24(5)6/h13-16,21,23,25,27,32H,1,5,8-12,17-20H2,2-4,6-7H3/t25-,32?/m1/s1. The van der Waals surface area contributed by atoms with Crippen molar-refractivity contribution < 1.29 is 0 Å². The molecule has 1 unspecified atom stereocenters. The van der Waals surface area contributed by atoms with Crippen LogP contribution in [-0.2, 0) is 6.42 Å². The summed E-state index contributed by atoms with van der Waals surface area (Å²) in [5.74, 6) is 2.82. The van der Waals surface area contributed by atoms with Crippen LogP contribution in [0.3, 0.4) is 0 Å². The molecule has 1 saturated carbocycles. The topological polar surface area (TPSA) is 0 Å². The second-order valence-corrected chi connectivity index (χ2v) is 11.3. The summed E-state index contributed by atoms with van der Waals surface area (Å²) in [7, 11) is 0. The minimum absolute atomic E-state index is 0.528. The highest BCUT2D eigenvalue weighted by Crippen LogP contribution is 2.42. The largest absolute Gasteiger partial charge is 0.100 e. The van der Waals surface area contributed by atoms with Crippen molar-refractivity contribution in [3.8, 4) is 0 Å². The Balaban J connectivity index is 1.95. The van der Waals surface area contributed by atoms with Crippen molar-refractivity contribution in [2.24, 2.45) is 11.8 Å². The van der Waals surface area contributed by atoms with Crippen LogP contribution in [0.15, 0.2) is 65.8 Å². The zero-order chi connectivity index (χ0) is 23.3. The molecule has 0 spiro atoms. The van der Waals surface area contributed by atoms with Gasteiger partial charge in [0.2, 0.25) is 0 Å². The smallest absolute Gasteiger partial charge is 0.00577 e. The number of hydrogen-bond donors (Lipinski definition) is 0. The average molecular weight is 431 g/mol. The predicted octanol–water partition coefficient (Wildman–Crippen LogP) is 9.84. The van der Waals surface area contributed by atoms with Crippen molar-refractivity contribution in [3.63, 3.8) is 0 Å². The van der Waals surface area contributed by atoms with Gasteiger partial charge in [-0.05, 0) is 98.3 Å². The molecule has 2 aliphatic rings. The van der Waals surface area contributed by atoms with Crippen molar-refractivity contribution in [2.75, 3.05) is 0 Å². The first-order valence-corrected chi connectivity index (χ1v) is 13.1. The summed E-state index contributed by atoms with van der Waals surface area (Å²) >= 11 is 0. The van der Waals surface area contributed by atoms with Crippen LogP contribution in [0.1, 0.15) is 115 Å². The first kappa shape index (κ1) is 24.8. The molecule has 3 rings (SSSR count). The van der Waals surface area contributed by atoms with Gasteiger partial charge < -0.3 is 0 Å². The Morgan fingerprint density at radius 1 is 1.00 bits per heavy atom. The Kier molecular flexibility index (Phi) is 8.80. The van der Waals surface area contributed by atoms with Crippen molar-refractivity contribution in [1.82, 2.24) is 0 Å². The van der Waals surface area contributed by atoms with Gasteiger partial charge in [-0.1, -0.05) is 93.7 Å². The SMILES string of the molecule is C=C(C)C[C@@H](C)c1ccc(C(CC(C)C)C2CCCCC2)c(CC2=CC=C(C(=C)C)C2)c1. The molecule has 0 aromatic heterocycles. The highest BCUT2D eigenvalue weighted by molar-refractivity contribution is 5.45. The summed E-state index contributed by atoms with van der Waals surface area (Å²) in [6.07, 6.45) is 16.3. The minimum atomic E-state index is 0.528. The van der Waals surface area contributed by atoms with Crippen LogP contribution in [-0.4, -0.2) is 0 Å². The molecule has 0 radical (unpaired) electrons. The molecule has 32 heavy (non-hydrogen) atoms. The van der Waals surface area contributed by atoms with Crippen molar-refractivity contribution in [3.05, 3.63) is 82.5 Å². The first-order chi connectivity index (χ1) is 15.2. The third-order valence-electron chi connectivity index (χ3n) is 7.64. The van der Waals surface area contributed by atoms with E-state index in [1.54, 1.807) is 16.7 Å². The molecule has 0 nitrogen and oxygen atoms in total. The van der Waals surface area contributed by atoms with Crippen LogP contribution < -0.4 is 0 Å². The van der Waals surface area contributed by atoms with E-state index >= 15 is 0 Å². The molecule has 174 valence electrons. The lowest BCUT2D eigenvalue weighted by Crippen LogP contribution is -2.20. The molecule has 0 amide bonds. The number of hydrogen-bond acceptors (Lipinski definition) is 0. The molecule has 0 aliphatic heterocycles. The van der Waals surface area contributed by atoms with Crippen molar-refractivity contribution in [1.29, 1.82) is 0 Å². The van der Waals surface area contributed by atoms with E-state index in [2.05, 4.69) is 78.1 Å². The number of rotatable bonds is 10. The quantitative estimate of drug-likeness (QED) is 0.324. The maximum absolute atomic E-state index is 4.17. The van der Waals surface area contributed by atoms with Crippen LogP contribution in [0.4, 0.5) is 0 Å². The van der Waals surface area contributed by atoms with Gasteiger partial charge in [-0.25, -0.2) is 0 Å². The monoisotopic (exact) mass is 430 g/mol. The van der Waals surface area contributed by atoms with Gasteiger partial charge in [0.25, 0.3) is 0 Å². The van der Waals surface area contributed by atoms with Gasteiger partial charge >= 0.3 is 0 Å². The third-order valence-corrected chi connectivity index (χ3v) is 7.64. The van der Waals surface area contributed by atoms with Crippen LogP contribution in [0.5, 0.6) is 0 Å². The lowest BCUT2D eigenvalue weighted by atomic mass is 9.71. The molecule has 0 heteroatoms. The van der Waals surface area contributed by atoms with Gasteiger partial charge in [-0.3, -0.25) is 0 Å². The van der Waals surface area contributed by atoms with E-state index in [-0.39, 0.29) is 0 Å². The number of allylic oxidation sites excluding steroid dienone is 6. The third kappa shape index (κ3) is 6.60. The zero-order valence-corrected chi connectivity index (χ0v) is 21.5. The van der Waals surface area contributed by atoms with E-state index < -0.39 is 0 Å². The van der Waals surface area contributed by atoms with Crippen molar-refractivity contribution >= 4 is 0 Å². The maximum Gasteiger partial charge on any atom is -0.00577 e. The maximum atomic E-state index is 4.17. The Hall–Kier alpha value is -1.82. The average Bonchev–Trinajstić information content (AvgIpc) is 3.21. The Bertz CT molecular complexity index is 869. The Labute approximate surface area is 198 Å². The molecule has 0 saturated heterocycles. The van der Waals surface area contributed by atoms with Crippen molar-refractivity contribution in [2.45, 2.75) is 104 Å². The zero-order valence-electron chi connectivity index (χ0n) is 21.5. The fourth-order valence-corrected chi connectivity index (χ4v) is 5.95. The fraction of sp³-hybridized carbons (Fsp3) is 0.562. The Morgan fingerprint density at radius 2 is 1.72 bits per heavy atom. The fourth-order valence-electron chi connectivity index (χ4n) is 5.95. The summed E-state index contributed by atoms with van der Waals surface area (Å²) in [4.78, 5) is 0. The van der Waals surface area contributed by atoms with Gasteiger partial charge in [0, 0.05) is 0 Å². The summed E-state index contributed by atoms with van der Waals surface area (Å²) < 4.78 is 0. The van der Waals surface area contributed by atoms with Crippen LogP contribution in [0, 0.1) is 11.8 Å². The van der Waals surface area contributed by atoms with Gasteiger partial charge in [0.1, 0.15) is 0 Å². The lowest BCUT2D eigenvalue weighted by molar-refractivity contribution is 0.276. The van der Waals surface area contributed by atoms with E-state index in [1.165, 1.54) is 60.8 Å². The summed E-state index contributed by atoms with van der Waals surface area (Å²) in [6.45, 7) is 19.8. The van der Waals surface area contributed by atoms with Crippen LogP contribution >= 0.6 is 0 Å². The van der Waals surface area contributed by atoms with Gasteiger partial charge in [0.15, 0.2) is 0 Å². The van der Waals surface area contributed by atoms with Gasteiger partial charge in [0.05, 0.1) is 0 Å². The molecule has 0 bridgehead atoms. The normalized spacial score (nSPS) is 18.9. The highest BCUT2D eigenvalue weighted by atomic mass is 14.3. The van der Waals surface area contributed by atoms with Crippen LogP contribution in [0.25, 0.3) is 0 Å². The van der Waals surface area contributed by atoms with E-state index in [0.29, 0.717) is 11.8 Å². The molecule has 1 aromatic carbocycles. The molecule has 0 heterocycles. The number of benzene rings is 1. The molecule has 1 aromatic rings. The minimum Gasteiger partial charge on any atom is -0.100 e. The van der Waals surface area contributed by atoms with Gasteiger partial charge in [-0.2, -0.15) is 0 Å². The Morgan fingerprint density at radius 3 is 2.31 bits per heavy atom. The highest BCUT2D eigenvalue weighted by Gasteiger charge is 2.28. The molecule has 2 aliphatic carbocycles. The lowest BCUT2D eigenvalue weighted by Gasteiger charge is -2.34. The summed E-state index contributed by atoms with van der Waals surface area (Å²) in [5, 5.41) is 0. The molecule has 2 atom stereocenters. The molecule has 0 N–H and O–H groups in total. The summed E-state index contributed by atoms with van der Waals surface area (Å²) in [5.41, 5.74) is 10.1. The van der Waals surface area contributed by atoms with Gasteiger partial charge in [-0.15, -0.1) is 6.58 Å². The van der Waals surface area contributed by atoms with E-state index in [0.717, 1.165) is 31.1 Å². The van der Waals surface area contributed by atoms with E-state index in [1.807, 2.05) is 0 Å². The predicted molar refractivity (Wildman–Crippen MR) is 142 cm³/mol.